The average Bonchev–Trinajstić information content (AvgIpc) is 2.84. The minimum Gasteiger partial charge on any atom is -0.343 e. The molecule has 0 spiro atoms. The lowest BCUT2D eigenvalue weighted by Gasteiger charge is -2.22. The topological polar surface area (TPSA) is 52.7 Å². The van der Waals surface area contributed by atoms with Gasteiger partial charge in [0.05, 0.1) is 0 Å². The second-order valence-corrected chi connectivity index (χ2v) is 6.20. The number of hydrogen-bond donors (Lipinski definition) is 1. The van der Waals surface area contributed by atoms with Crippen molar-refractivity contribution in [1.82, 2.24) is 15.1 Å². The highest BCUT2D eigenvalue weighted by molar-refractivity contribution is 5.83. The minimum atomic E-state index is 0.101. The number of hydrogen-bond acceptors (Lipinski definition) is 3. The van der Waals surface area contributed by atoms with E-state index in [4.69, 9.17) is 0 Å². The molecule has 2 fully saturated rings. The Morgan fingerprint density at radius 2 is 1.62 bits per heavy atom. The Morgan fingerprint density at radius 3 is 2.14 bits per heavy atom. The van der Waals surface area contributed by atoms with Crippen LogP contribution in [0.25, 0.3) is 0 Å². The average molecular weight is 295 g/mol. The minimum absolute atomic E-state index is 0.101. The third-order valence-electron chi connectivity index (χ3n) is 5.04. The zero-order chi connectivity index (χ0) is 15.2. The van der Waals surface area contributed by atoms with E-state index in [2.05, 4.69) is 5.32 Å². The summed E-state index contributed by atoms with van der Waals surface area (Å²) in [7, 11) is 0. The van der Waals surface area contributed by atoms with Gasteiger partial charge in [-0.2, -0.15) is 0 Å². The Kier molecular flexibility index (Phi) is 6.03. The van der Waals surface area contributed by atoms with Gasteiger partial charge >= 0.3 is 0 Å². The van der Waals surface area contributed by atoms with Gasteiger partial charge in [0.25, 0.3) is 0 Å². The Bertz CT molecular complexity index is 355. The van der Waals surface area contributed by atoms with Crippen molar-refractivity contribution < 1.29 is 9.59 Å². The summed E-state index contributed by atoms with van der Waals surface area (Å²) in [5.74, 6) is 1.73. The first-order valence-electron chi connectivity index (χ1n) is 8.42. The summed E-state index contributed by atoms with van der Waals surface area (Å²) >= 11 is 0. The molecule has 2 atom stereocenters. The van der Waals surface area contributed by atoms with Crippen molar-refractivity contribution in [3.63, 3.8) is 0 Å². The van der Waals surface area contributed by atoms with E-state index in [1.54, 1.807) is 4.90 Å². The van der Waals surface area contributed by atoms with Crippen LogP contribution in [0, 0.1) is 11.8 Å². The van der Waals surface area contributed by atoms with E-state index in [1.807, 2.05) is 18.7 Å². The molecule has 2 rings (SSSR count). The van der Waals surface area contributed by atoms with E-state index in [-0.39, 0.29) is 11.8 Å². The van der Waals surface area contributed by atoms with Gasteiger partial charge in [0.15, 0.2) is 0 Å². The standard InChI is InChI=1S/C16H29N3O2/c1-3-18(4-2)15(20)5-6-16(21)19-9-7-13-11-17-12-14(13)8-10-19/h13-14,17H,3-12H2,1-2H3/t13-,14+. The molecule has 0 unspecified atom stereocenters. The number of nitrogens with one attached hydrogen (secondary N) is 1. The molecular formula is C16H29N3O2. The van der Waals surface area contributed by atoms with Crippen molar-refractivity contribution in [1.29, 1.82) is 0 Å². The van der Waals surface area contributed by atoms with Gasteiger partial charge in [0.2, 0.25) is 11.8 Å². The zero-order valence-corrected chi connectivity index (χ0v) is 13.4. The summed E-state index contributed by atoms with van der Waals surface area (Å²) < 4.78 is 0. The summed E-state index contributed by atoms with van der Waals surface area (Å²) in [4.78, 5) is 28.1. The molecule has 1 N–H and O–H groups in total. The molecule has 2 heterocycles. The fraction of sp³-hybridized carbons (Fsp3) is 0.875. The maximum absolute atomic E-state index is 12.3. The molecule has 21 heavy (non-hydrogen) atoms. The predicted octanol–water partition coefficient (Wildman–Crippen LogP) is 1.09. The fourth-order valence-corrected chi connectivity index (χ4v) is 3.57. The van der Waals surface area contributed by atoms with Crippen LogP contribution >= 0.6 is 0 Å². The van der Waals surface area contributed by atoms with Gasteiger partial charge in [-0.15, -0.1) is 0 Å². The lowest BCUT2D eigenvalue weighted by atomic mass is 9.92. The third-order valence-corrected chi connectivity index (χ3v) is 5.04. The molecule has 0 aromatic carbocycles. The first-order valence-corrected chi connectivity index (χ1v) is 8.42. The van der Waals surface area contributed by atoms with E-state index in [0.717, 1.165) is 63.9 Å². The molecule has 2 amide bonds. The van der Waals surface area contributed by atoms with Gasteiger partial charge in [-0.1, -0.05) is 0 Å². The number of carbonyl (C=O) groups is 2. The van der Waals surface area contributed by atoms with Gasteiger partial charge < -0.3 is 15.1 Å². The normalized spacial score (nSPS) is 25.3. The van der Waals surface area contributed by atoms with Gasteiger partial charge in [-0.05, 0) is 51.6 Å². The monoisotopic (exact) mass is 295 g/mol. The molecule has 5 nitrogen and oxygen atoms in total. The van der Waals surface area contributed by atoms with Gasteiger partial charge in [-0.25, -0.2) is 0 Å². The molecule has 2 saturated heterocycles. The maximum atomic E-state index is 12.3. The molecule has 2 aliphatic rings. The van der Waals surface area contributed by atoms with Crippen LogP contribution in [0.5, 0.6) is 0 Å². The first-order chi connectivity index (χ1) is 10.2. The lowest BCUT2D eigenvalue weighted by Crippen LogP contribution is -2.35. The van der Waals surface area contributed by atoms with Crippen LogP contribution in [0.2, 0.25) is 0 Å². The van der Waals surface area contributed by atoms with Crippen LogP contribution in [0.15, 0.2) is 0 Å². The van der Waals surface area contributed by atoms with Crippen LogP contribution in [0.3, 0.4) is 0 Å². The summed E-state index contributed by atoms with van der Waals surface area (Å²) in [5.41, 5.74) is 0. The molecule has 0 aromatic heterocycles. The molecule has 0 bridgehead atoms. The Hall–Kier alpha value is -1.10. The first kappa shape index (κ1) is 16.3. The van der Waals surface area contributed by atoms with Gasteiger partial charge in [0.1, 0.15) is 0 Å². The lowest BCUT2D eigenvalue weighted by molar-refractivity contribution is -0.136. The van der Waals surface area contributed by atoms with Gasteiger partial charge in [0, 0.05) is 39.0 Å². The highest BCUT2D eigenvalue weighted by atomic mass is 16.2. The van der Waals surface area contributed by atoms with E-state index in [9.17, 15) is 9.59 Å². The molecule has 2 aliphatic heterocycles. The molecule has 120 valence electrons. The number of likely N-dealkylation sites (tertiary alicyclic amines) is 1. The number of amides is 2. The van der Waals surface area contributed by atoms with E-state index in [1.165, 1.54) is 0 Å². The quantitative estimate of drug-likeness (QED) is 0.826. The summed E-state index contributed by atoms with van der Waals surface area (Å²) in [6.07, 6.45) is 2.93. The van der Waals surface area contributed by atoms with Gasteiger partial charge in [-0.3, -0.25) is 9.59 Å². The molecule has 0 saturated carbocycles. The SMILES string of the molecule is CCN(CC)C(=O)CCC(=O)N1CC[C@@H]2CNC[C@@H]2CC1. The smallest absolute Gasteiger partial charge is 0.223 e. The second kappa shape index (κ2) is 7.78. The third kappa shape index (κ3) is 4.19. The van der Waals surface area contributed by atoms with Crippen molar-refractivity contribution in [3.05, 3.63) is 0 Å². The van der Waals surface area contributed by atoms with Crippen LogP contribution in [-0.4, -0.2) is 60.9 Å². The van der Waals surface area contributed by atoms with Crippen molar-refractivity contribution in [3.8, 4) is 0 Å². The van der Waals surface area contributed by atoms with Crippen molar-refractivity contribution in [2.45, 2.75) is 39.5 Å². The zero-order valence-electron chi connectivity index (χ0n) is 13.4. The maximum Gasteiger partial charge on any atom is 0.223 e. The van der Waals surface area contributed by atoms with Crippen molar-refractivity contribution in [2.75, 3.05) is 39.3 Å². The molecule has 5 heteroatoms. The van der Waals surface area contributed by atoms with Crippen LogP contribution in [0.1, 0.15) is 39.5 Å². The van der Waals surface area contributed by atoms with Crippen molar-refractivity contribution in [2.24, 2.45) is 11.8 Å². The Labute approximate surface area is 128 Å². The molecular weight excluding hydrogens is 266 g/mol. The molecule has 0 radical (unpaired) electrons. The largest absolute Gasteiger partial charge is 0.343 e. The Balaban J connectivity index is 1.77. The number of fused-ring (bicyclic) bond motifs is 1. The fourth-order valence-electron chi connectivity index (χ4n) is 3.57. The second-order valence-electron chi connectivity index (χ2n) is 6.20. The molecule has 0 aromatic rings. The van der Waals surface area contributed by atoms with Crippen LogP contribution in [0.4, 0.5) is 0 Å². The van der Waals surface area contributed by atoms with Crippen LogP contribution in [-0.2, 0) is 9.59 Å². The van der Waals surface area contributed by atoms with E-state index < -0.39 is 0 Å². The summed E-state index contributed by atoms with van der Waals surface area (Å²) in [5, 5.41) is 3.45. The summed E-state index contributed by atoms with van der Waals surface area (Å²) in [6, 6.07) is 0. The number of rotatable bonds is 5. The number of nitrogens with zero attached hydrogens (tertiary/aromatic N) is 2. The molecule has 0 aliphatic carbocycles. The van der Waals surface area contributed by atoms with E-state index in [0.29, 0.717) is 12.8 Å². The van der Waals surface area contributed by atoms with Crippen molar-refractivity contribution >= 4 is 11.8 Å². The highest BCUT2D eigenvalue weighted by Gasteiger charge is 2.31. The van der Waals surface area contributed by atoms with Crippen LogP contribution < -0.4 is 5.32 Å². The van der Waals surface area contributed by atoms with E-state index >= 15 is 0 Å². The predicted molar refractivity (Wildman–Crippen MR) is 82.8 cm³/mol. The summed E-state index contributed by atoms with van der Waals surface area (Å²) in [6.45, 7) is 9.34. The highest BCUT2D eigenvalue weighted by Crippen LogP contribution is 2.27. The Morgan fingerprint density at radius 1 is 1.05 bits per heavy atom. The number of carbonyl (C=O) groups excluding carboxylic acids is 2.